The minimum Gasteiger partial charge on any atom is -0.491 e. The summed E-state index contributed by atoms with van der Waals surface area (Å²) in [6.07, 6.45) is 2.62. The Morgan fingerprint density at radius 3 is 2.62 bits per heavy atom. The maximum absolute atomic E-state index is 5.70. The number of halogens is 1. The molecule has 72 valence electrons. The smallest absolute Gasteiger partial charge is 0.142 e. The first-order valence-electron chi connectivity index (χ1n) is 4.33. The van der Waals surface area contributed by atoms with E-state index < -0.39 is 0 Å². The van der Waals surface area contributed by atoms with Gasteiger partial charge in [0.05, 0.1) is 12.3 Å². The van der Waals surface area contributed by atoms with E-state index in [0.717, 1.165) is 24.0 Å². The zero-order valence-corrected chi connectivity index (χ0v) is 8.22. The predicted molar refractivity (Wildman–Crippen MR) is 56.3 cm³/mol. The van der Waals surface area contributed by atoms with E-state index >= 15 is 0 Å². The summed E-state index contributed by atoms with van der Waals surface area (Å²) >= 11 is 0. The van der Waals surface area contributed by atoms with E-state index in [0.29, 0.717) is 0 Å². The summed E-state index contributed by atoms with van der Waals surface area (Å²) in [5.41, 5.74) is 6.44. The van der Waals surface area contributed by atoms with E-state index in [4.69, 9.17) is 10.5 Å². The van der Waals surface area contributed by atoms with E-state index in [1.165, 1.54) is 12.8 Å². The van der Waals surface area contributed by atoms with Crippen LogP contribution >= 0.6 is 12.4 Å². The first-order chi connectivity index (χ1) is 5.86. The Balaban J connectivity index is 0.000000845. The molecular formula is C10H14ClNO. The second-order valence-electron chi connectivity index (χ2n) is 3.29. The van der Waals surface area contributed by atoms with Gasteiger partial charge in [-0.1, -0.05) is 12.1 Å². The number of benzene rings is 1. The predicted octanol–water partition coefficient (Wildman–Crippen LogP) is 2.48. The zero-order valence-electron chi connectivity index (χ0n) is 7.40. The average molecular weight is 200 g/mol. The second kappa shape index (κ2) is 4.38. The molecule has 0 aromatic heterocycles. The first-order valence-corrected chi connectivity index (χ1v) is 4.33. The molecule has 1 fully saturated rings. The lowest BCUT2D eigenvalue weighted by atomic mass is 10.3. The monoisotopic (exact) mass is 199 g/mol. The summed E-state index contributed by atoms with van der Waals surface area (Å²) in [6, 6.07) is 7.64. The van der Waals surface area contributed by atoms with Gasteiger partial charge < -0.3 is 10.5 Å². The molecule has 1 aliphatic carbocycles. The van der Waals surface area contributed by atoms with E-state index in [1.54, 1.807) is 0 Å². The third kappa shape index (κ3) is 2.81. The van der Waals surface area contributed by atoms with Gasteiger partial charge >= 0.3 is 0 Å². The van der Waals surface area contributed by atoms with Crippen molar-refractivity contribution in [1.82, 2.24) is 0 Å². The molecule has 0 radical (unpaired) electrons. The Hall–Kier alpha value is -0.890. The lowest BCUT2D eigenvalue weighted by Gasteiger charge is -2.06. The van der Waals surface area contributed by atoms with Crippen LogP contribution < -0.4 is 10.5 Å². The van der Waals surface area contributed by atoms with Gasteiger partial charge in [-0.05, 0) is 30.9 Å². The van der Waals surface area contributed by atoms with Crippen molar-refractivity contribution in [3.05, 3.63) is 24.3 Å². The number of nitrogens with two attached hydrogens (primary N) is 1. The van der Waals surface area contributed by atoms with Gasteiger partial charge in [0, 0.05) is 0 Å². The molecule has 0 aliphatic heterocycles. The summed E-state index contributed by atoms with van der Waals surface area (Å²) in [7, 11) is 0. The van der Waals surface area contributed by atoms with Crippen molar-refractivity contribution in [2.45, 2.75) is 12.8 Å². The Labute approximate surface area is 84.5 Å². The molecule has 1 aromatic carbocycles. The number of hydrogen-bond acceptors (Lipinski definition) is 2. The van der Waals surface area contributed by atoms with Crippen molar-refractivity contribution in [3.63, 3.8) is 0 Å². The van der Waals surface area contributed by atoms with Crippen LogP contribution in [0.25, 0.3) is 0 Å². The molecule has 1 aromatic rings. The number of anilines is 1. The number of nitrogen functional groups attached to an aromatic ring is 1. The minimum atomic E-state index is 0. The Kier molecular flexibility index (Phi) is 3.43. The van der Waals surface area contributed by atoms with Crippen molar-refractivity contribution < 1.29 is 4.74 Å². The Bertz CT molecular complexity index is 273. The van der Waals surface area contributed by atoms with E-state index in [2.05, 4.69) is 0 Å². The highest BCUT2D eigenvalue weighted by molar-refractivity contribution is 5.85. The fourth-order valence-corrected chi connectivity index (χ4v) is 1.10. The van der Waals surface area contributed by atoms with E-state index in [-0.39, 0.29) is 12.4 Å². The maximum atomic E-state index is 5.70. The third-order valence-corrected chi connectivity index (χ3v) is 2.09. The fraction of sp³-hybridized carbons (Fsp3) is 0.400. The molecule has 3 heteroatoms. The van der Waals surface area contributed by atoms with Crippen LogP contribution in [0.4, 0.5) is 5.69 Å². The van der Waals surface area contributed by atoms with Crippen LogP contribution in [-0.4, -0.2) is 6.61 Å². The highest BCUT2D eigenvalue weighted by atomic mass is 35.5. The molecule has 2 rings (SSSR count). The van der Waals surface area contributed by atoms with E-state index in [9.17, 15) is 0 Å². The van der Waals surface area contributed by atoms with Crippen molar-refractivity contribution >= 4 is 18.1 Å². The van der Waals surface area contributed by atoms with Crippen LogP contribution in [0.1, 0.15) is 12.8 Å². The Morgan fingerprint density at radius 2 is 2.00 bits per heavy atom. The normalized spacial score (nSPS) is 14.8. The highest BCUT2D eigenvalue weighted by Crippen LogP contribution is 2.30. The molecule has 1 aliphatic rings. The van der Waals surface area contributed by atoms with Gasteiger partial charge in [0.25, 0.3) is 0 Å². The van der Waals surface area contributed by atoms with Gasteiger partial charge in [-0.25, -0.2) is 0 Å². The topological polar surface area (TPSA) is 35.2 Å². The fourth-order valence-electron chi connectivity index (χ4n) is 1.10. The second-order valence-corrected chi connectivity index (χ2v) is 3.29. The summed E-state index contributed by atoms with van der Waals surface area (Å²) < 4.78 is 5.54. The first kappa shape index (κ1) is 10.2. The summed E-state index contributed by atoms with van der Waals surface area (Å²) in [4.78, 5) is 0. The van der Waals surface area contributed by atoms with Gasteiger partial charge in [-0.15, -0.1) is 12.4 Å². The van der Waals surface area contributed by atoms with Gasteiger partial charge in [0.15, 0.2) is 0 Å². The molecule has 2 nitrogen and oxygen atoms in total. The highest BCUT2D eigenvalue weighted by Gasteiger charge is 2.22. The molecule has 0 spiro atoms. The lowest BCUT2D eigenvalue weighted by molar-refractivity contribution is 0.301. The maximum Gasteiger partial charge on any atom is 0.142 e. The summed E-state index contributed by atoms with van der Waals surface area (Å²) in [5, 5.41) is 0. The summed E-state index contributed by atoms with van der Waals surface area (Å²) in [5.74, 6) is 1.61. The van der Waals surface area contributed by atoms with Gasteiger partial charge in [0.2, 0.25) is 0 Å². The molecule has 0 amide bonds. The number of ether oxygens (including phenoxy) is 1. The van der Waals surface area contributed by atoms with Crippen LogP contribution in [0.5, 0.6) is 5.75 Å². The molecular weight excluding hydrogens is 186 g/mol. The van der Waals surface area contributed by atoms with Crippen molar-refractivity contribution in [2.75, 3.05) is 12.3 Å². The SMILES string of the molecule is Cl.Nc1ccccc1OCC1CC1. The van der Waals surface area contributed by atoms with Crippen molar-refractivity contribution in [1.29, 1.82) is 0 Å². The Morgan fingerprint density at radius 1 is 1.31 bits per heavy atom. The zero-order chi connectivity index (χ0) is 8.39. The van der Waals surface area contributed by atoms with Crippen molar-refractivity contribution in [2.24, 2.45) is 5.92 Å². The minimum absolute atomic E-state index is 0. The quantitative estimate of drug-likeness (QED) is 0.760. The standard InChI is InChI=1S/C10H13NO.ClH/c11-9-3-1-2-4-10(9)12-7-8-5-6-8;/h1-4,8H,5-7,11H2;1H. The molecule has 0 atom stereocenters. The molecule has 1 saturated carbocycles. The lowest BCUT2D eigenvalue weighted by Crippen LogP contribution is -2.01. The van der Waals surface area contributed by atoms with Crippen LogP contribution in [0, 0.1) is 5.92 Å². The largest absolute Gasteiger partial charge is 0.491 e. The number of hydrogen-bond donors (Lipinski definition) is 1. The molecule has 0 bridgehead atoms. The van der Waals surface area contributed by atoms with Gasteiger partial charge in [0.1, 0.15) is 5.75 Å². The van der Waals surface area contributed by atoms with Crippen LogP contribution in [-0.2, 0) is 0 Å². The molecule has 0 saturated heterocycles. The molecule has 13 heavy (non-hydrogen) atoms. The van der Waals surface area contributed by atoms with Gasteiger partial charge in [-0.2, -0.15) is 0 Å². The van der Waals surface area contributed by atoms with Gasteiger partial charge in [-0.3, -0.25) is 0 Å². The van der Waals surface area contributed by atoms with Crippen LogP contribution in [0.2, 0.25) is 0 Å². The molecule has 2 N–H and O–H groups in total. The third-order valence-electron chi connectivity index (χ3n) is 2.09. The van der Waals surface area contributed by atoms with Crippen LogP contribution in [0.3, 0.4) is 0 Å². The average Bonchev–Trinajstić information content (AvgIpc) is 2.86. The number of rotatable bonds is 3. The van der Waals surface area contributed by atoms with E-state index in [1.807, 2.05) is 24.3 Å². The summed E-state index contributed by atoms with van der Waals surface area (Å²) in [6.45, 7) is 0.828. The molecule has 0 heterocycles. The molecule has 0 unspecified atom stereocenters. The van der Waals surface area contributed by atoms with Crippen molar-refractivity contribution in [3.8, 4) is 5.75 Å². The number of para-hydroxylation sites is 2. The van der Waals surface area contributed by atoms with Crippen LogP contribution in [0.15, 0.2) is 24.3 Å².